The topological polar surface area (TPSA) is 103 Å². The Kier molecular flexibility index (Phi) is 2.45. The SMILES string of the molecule is NC(Cn1ccn2nccc2c1=O)C(=O)O. The molecule has 2 aromatic rings. The van der Waals surface area contributed by atoms with E-state index in [-0.39, 0.29) is 12.1 Å². The number of rotatable bonds is 3. The first-order chi connectivity index (χ1) is 7.59. The van der Waals surface area contributed by atoms with E-state index in [1.54, 1.807) is 12.3 Å². The molecule has 0 aliphatic carbocycles. The van der Waals surface area contributed by atoms with Gasteiger partial charge < -0.3 is 15.4 Å². The molecule has 0 fully saturated rings. The van der Waals surface area contributed by atoms with Gasteiger partial charge in [0.15, 0.2) is 0 Å². The molecule has 7 nitrogen and oxygen atoms in total. The molecule has 0 radical (unpaired) electrons. The maximum atomic E-state index is 11.8. The third kappa shape index (κ3) is 1.68. The van der Waals surface area contributed by atoms with Gasteiger partial charge in [-0.3, -0.25) is 9.59 Å². The summed E-state index contributed by atoms with van der Waals surface area (Å²) in [6.45, 7) is -0.0597. The highest BCUT2D eigenvalue weighted by atomic mass is 16.4. The van der Waals surface area contributed by atoms with Gasteiger partial charge in [0.25, 0.3) is 5.56 Å². The van der Waals surface area contributed by atoms with Crippen LogP contribution >= 0.6 is 0 Å². The van der Waals surface area contributed by atoms with Gasteiger partial charge in [-0.25, -0.2) is 4.52 Å². The lowest BCUT2D eigenvalue weighted by atomic mass is 10.3. The fourth-order valence-corrected chi connectivity index (χ4v) is 1.39. The van der Waals surface area contributed by atoms with Crippen LogP contribution in [0.1, 0.15) is 0 Å². The summed E-state index contributed by atoms with van der Waals surface area (Å²) in [6, 6.07) is 0.466. The molecule has 2 rings (SSSR count). The van der Waals surface area contributed by atoms with Crippen LogP contribution in [0.4, 0.5) is 0 Å². The lowest BCUT2D eigenvalue weighted by Gasteiger charge is -2.09. The fraction of sp³-hybridized carbons (Fsp3) is 0.222. The predicted octanol–water partition coefficient (Wildman–Crippen LogP) is -1.09. The van der Waals surface area contributed by atoms with Crippen molar-refractivity contribution in [3.8, 4) is 0 Å². The Morgan fingerprint density at radius 2 is 2.31 bits per heavy atom. The third-order valence-electron chi connectivity index (χ3n) is 2.25. The standard InChI is InChI=1S/C9H10N4O3/c10-6(9(15)16)5-12-3-4-13-7(8(12)14)1-2-11-13/h1-4,6H,5,10H2,(H,15,16). The molecular formula is C9H10N4O3. The minimum atomic E-state index is -1.14. The first-order valence-electron chi connectivity index (χ1n) is 4.61. The second-order valence-electron chi connectivity index (χ2n) is 3.36. The van der Waals surface area contributed by atoms with E-state index in [9.17, 15) is 9.59 Å². The summed E-state index contributed by atoms with van der Waals surface area (Å²) in [5, 5.41) is 12.5. The summed E-state index contributed by atoms with van der Waals surface area (Å²) in [4.78, 5) is 22.4. The van der Waals surface area contributed by atoms with Crippen LogP contribution in [0.2, 0.25) is 0 Å². The zero-order valence-electron chi connectivity index (χ0n) is 8.28. The van der Waals surface area contributed by atoms with Crippen LogP contribution in [0.15, 0.2) is 29.5 Å². The molecule has 0 saturated carbocycles. The second kappa shape index (κ2) is 3.78. The van der Waals surface area contributed by atoms with Crippen LogP contribution in [0.3, 0.4) is 0 Å². The maximum Gasteiger partial charge on any atom is 0.322 e. The van der Waals surface area contributed by atoms with Crippen LogP contribution in [0.25, 0.3) is 5.52 Å². The summed E-state index contributed by atoms with van der Waals surface area (Å²) >= 11 is 0. The summed E-state index contributed by atoms with van der Waals surface area (Å²) in [7, 11) is 0. The van der Waals surface area contributed by atoms with E-state index in [0.29, 0.717) is 5.52 Å². The molecule has 7 heteroatoms. The number of fused-ring (bicyclic) bond motifs is 1. The Bertz CT molecular complexity index is 586. The monoisotopic (exact) mass is 222 g/mol. The minimum absolute atomic E-state index is 0.0597. The first-order valence-corrected chi connectivity index (χ1v) is 4.61. The second-order valence-corrected chi connectivity index (χ2v) is 3.36. The van der Waals surface area contributed by atoms with Gasteiger partial charge >= 0.3 is 5.97 Å². The fourth-order valence-electron chi connectivity index (χ4n) is 1.39. The number of carbonyl (C=O) groups is 1. The molecule has 0 bridgehead atoms. The molecule has 3 N–H and O–H groups in total. The van der Waals surface area contributed by atoms with Crippen molar-refractivity contribution in [1.29, 1.82) is 0 Å². The summed E-state index contributed by atoms with van der Waals surface area (Å²) in [5.41, 5.74) is 5.44. The molecular weight excluding hydrogens is 212 g/mol. The molecule has 0 aliphatic rings. The number of carboxylic acids is 1. The quantitative estimate of drug-likeness (QED) is 0.686. The number of aliphatic carboxylic acids is 1. The molecule has 16 heavy (non-hydrogen) atoms. The zero-order chi connectivity index (χ0) is 11.7. The first kappa shape index (κ1) is 10.4. The number of hydrogen-bond acceptors (Lipinski definition) is 4. The van der Waals surface area contributed by atoms with Crippen LogP contribution in [-0.4, -0.2) is 31.3 Å². The Morgan fingerprint density at radius 3 is 3.00 bits per heavy atom. The van der Waals surface area contributed by atoms with Gasteiger partial charge in [-0.15, -0.1) is 0 Å². The normalized spacial score (nSPS) is 12.8. The van der Waals surface area contributed by atoms with Gasteiger partial charge in [0, 0.05) is 12.4 Å². The average molecular weight is 222 g/mol. The largest absolute Gasteiger partial charge is 0.480 e. The predicted molar refractivity (Wildman–Crippen MR) is 55.1 cm³/mol. The average Bonchev–Trinajstić information content (AvgIpc) is 2.70. The molecule has 84 valence electrons. The van der Waals surface area contributed by atoms with Crippen molar-refractivity contribution in [2.45, 2.75) is 12.6 Å². The lowest BCUT2D eigenvalue weighted by molar-refractivity contribution is -0.138. The number of hydrogen-bond donors (Lipinski definition) is 2. The molecule has 2 heterocycles. The van der Waals surface area contributed by atoms with E-state index in [4.69, 9.17) is 10.8 Å². The van der Waals surface area contributed by atoms with Gasteiger partial charge in [-0.1, -0.05) is 0 Å². The van der Waals surface area contributed by atoms with Crippen molar-refractivity contribution < 1.29 is 9.90 Å². The lowest BCUT2D eigenvalue weighted by Crippen LogP contribution is -2.38. The van der Waals surface area contributed by atoms with Crippen molar-refractivity contribution in [2.75, 3.05) is 0 Å². The number of aromatic nitrogens is 3. The van der Waals surface area contributed by atoms with Gasteiger partial charge in [-0.2, -0.15) is 5.10 Å². The molecule has 0 spiro atoms. The number of nitrogens with two attached hydrogens (primary N) is 1. The van der Waals surface area contributed by atoms with E-state index >= 15 is 0 Å². The molecule has 0 aromatic carbocycles. The van der Waals surface area contributed by atoms with Crippen molar-refractivity contribution in [1.82, 2.24) is 14.2 Å². The molecule has 2 aromatic heterocycles. The molecule has 0 aliphatic heterocycles. The molecule has 0 saturated heterocycles. The van der Waals surface area contributed by atoms with Gasteiger partial charge in [0.1, 0.15) is 11.6 Å². The highest BCUT2D eigenvalue weighted by Crippen LogP contribution is 1.95. The van der Waals surface area contributed by atoms with E-state index < -0.39 is 12.0 Å². The van der Waals surface area contributed by atoms with E-state index in [0.717, 1.165) is 0 Å². The Labute approximate surface area is 89.7 Å². The number of nitrogens with zero attached hydrogens (tertiary/aromatic N) is 3. The van der Waals surface area contributed by atoms with Crippen LogP contribution < -0.4 is 11.3 Å². The molecule has 0 amide bonds. The smallest absolute Gasteiger partial charge is 0.322 e. The summed E-state index contributed by atoms with van der Waals surface area (Å²) < 4.78 is 2.68. The van der Waals surface area contributed by atoms with E-state index in [1.807, 2.05) is 0 Å². The van der Waals surface area contributed by atoms with Gasteiger partial charge in [0.05, 0.1) is 12.7 Å². The molecule has 1 atom stereocenters. The highest BCUT2D eigenvalue weighted by Gasteiger charge is 2.13. The maximum absolute atomic E-state index is 11.8. The van der Waals surface area contributed by atoms with Crippen molar-refractivity contribution >= 4 is 11.5 Å². The van der Waals surface area contributed by atoms with Crippen LogP contribution in [0.5, 0.6) is 0 Å². The van der Waals surface area contributed by atoms with Gasteiger partial charge in [0.2, 0.25) is 0 Å². The minimum Gasteiger partial charge on any atom is -0.480 e. The van der Waals surface area contributed by atoms with E-state index in [2.05, 4.69) is 5.10 Å². The van der Waals surface area contributed by atoms with E-state index in [1.165, 1.54) is 21.5 Å². The van der Waals surface area contributed by atoms with Crippen LogP contribution in [0, 0.1) is 0 Å². The highest BCUT2D eigenvalue weighted by molar-refractivity contribution is 5.72. The Balaban J connectivity index is 2.42. The van der Waals surface area contributed by atoms with Crippen molar-refractivity contribution in [3.05, 3.63) is 35.0 Å². The summed E-state index contributed by atoms with van der Waals surface area (Å²) in [5.74, 6) is -1.14. The molecule has 1 unspecified atom stereocenters. The third-order valence-corrected chi connectivity index (χ3v) is 2.25. The summed E-state index contributed by atoms with van der Waals surface area (Å²) in [6.07, 6.45) is 4.54. The van der Waals surface area contributed by atoms with Crippen molar-refractivity contribution in [2.24, 2.45) is 5.73 Å². The van der Waals surface area contributed by atoms with Crippen LogP contribution in [-0.2, 0) is 11.3 Å². The van der Waals surface area contributed by atoms with Gasteiger partial charge in [-0.05, 0) is 6.07 Å². The Hall–Kier alpha value is -2.15. The Morgan fingerprint density at radius 1 is 1.56 bits per heavy atom. The number of carboxylic acid groups (broad SMARTS) is 1. The van der Waals surface area contributed by atoms with Crippen molar-refractivity contribution in [3.63, 3.8) is 0 Å². The zero-order valence-corrected chi connectivity index (χ0v) is 8.28.